The Morgan fingerprint density at radius 3 is 2.42 bits per heavy atom. The van der Waals surface area contributed by atoms with Gasteiger partial charge in [-0.2, -0.15) is 0 Å². The van der Waals surface area contributed by atoms with E-state index in [0.29, 0.717) is 18.0 Å². The number of nitrogens with zero attached hydrogens (tertiary/aromatic N) is 2. The molecule has 0 atom stereocenters. The molecular weight excluding hydrogens is 260 g/mol. The Bertz CT molecular complexity index is 622. The normalized spacial score (nSPS) is 19.2. The molecule has 3 rings (SSSR count). The molecule has 0 saturated carbocycles. The average Bonchev–Trinajstić information content (AvgIpc) is 2.68. The Balaban J connectivity index is 2.01. The van der Waals surface area contributed by atoms with Crippen LogP contribution in [0, 0.1) is 5.41 Å². The lowest BCUT2D eigenvalue weighted by molar-refractivity contribution is -0.132. The molecule has 0 N–H and O–H groups in total. The van der Waals surface area contributed by atoms with Crippen LogP contribution in [-0.4, -0.2) is 16.8 Å². The van der Waals surface area contributed by atoms with Gasteiger partial charge in [0.2, 0.25) is 11.8 Å². The topological polar surface area (TPSA) is 50.3 Å². The first-order chi connectivity index (χ1) is 8.96. The van der Waals surface area contributed by atoms with Crippen LogP contribution in [0.5, 0.6) is 0 Å². The van der Waals surface area contributed by atoms with Gasteiger partial charge in [-0.25, -0.2) is 9.88 Å². The van der Waals surface area contributed by atoms with Gasteiger partial charge in [0.25, 0.3) is 0 Å². The fourth-order valence-electron chi connectivity index (χ4n) is 2.35. The van der Waals surface area contributed by atoms with Crippen LogP contribution < -0.4 is 4.90 Å². The number of imide groups is 1. The molecule has 19 heavy (non-hydrogen) atoms. The second kappa shape index (κ2) is 4.13. The molecule has 0 aliphatic carbocycles. The van der Waals surface area contributed by atoms with Crippen LogP contribution in [0.2, 0.25) is 0 Å². The number of carbonyl (C=O) groups excluding carboxylic acids is 2. The molecule has 4 nitrogen and oxygen atoms in total. The first-order valence-corrected chi connectivity index (χ1v) is 6.99. The maximum Gasteiger partial charge on any atom is 0.236 e. The summed E-state index contributed by atoms with van der Waals surface area (Å²) in [4.78, 5) is 30.0. The van der Waals surface area contributed by atoms with Crippen molar-refractivity contribution in [3.63, 3.8) is 0 Å². The van der Waals surface area contributed by atoms with E-state index in [9.17, 15) is 9.59 Å². The Labute approximate surface area is 115 Å². The van der Waals surface area contributed by atoms with Crippen LogP contribution in [0.1, 0.15) is 26.7 Å². The third kappa shape index (κ3) is 2.14. The first-order valence-electron chi connectivity index (χ1n) is 6.18. The van der Waals surface area contributed by atoms with Crippen molar-refractivity contribution >= 4 is 38.5 Å². The number of hydrogen-bond acceptors (Lipinski definition) is 4. The van der Waals surface area contributed by atoms with E-state index in [4.69, 9.17) is 0 Å². The molecule has 1 aromatic heterocycles. The number of para-hydroxylation sites is 1. The third-order valence-electron chi connectivity index (χ3n) is 3.23. The second-order valence-corrected chi connectivity index (χ2v) is 6.61. The van der Waals surface area contributed by atoms with E-state index in [1.54, 1.807) is 0 Å². The summed E-state index contributed by atoms with van der Waals surface area (Å²) < 4.78 is 0.989. The molecule has 1 aliphatic heterocycles. The summed E-state index contributed by atoms with van der Waals surface area (Å²) in [6, 6.07) is 7.65. The van der Waals surface area contributed by atoms with Gasteiger partial charge in [-0.1, -0.05) is 37.3 Å². The van der Waals surface area contributed by atoms with Crippen molar-refractivity contribution in [3.8, 4) is 0 Å². The average molecular weight is 274 g/mol. The van der Waals surface area contributed by atoms with E-state index in [1.165, 1.54) is 16.2 Å². The summed E-state index contributed by atoms with van der Waals surface area (Å²) in [5, 5.41) is 0.492. The minimum absolute atomic E-state index is 0.152. The molecular formula is C14H14N2O2S. The lowest BCUT2D eigenvalue weighted by Gasteiger charge is -2.33. The van der Waals surface area contributed by atoms with Gasteiger partial charge >= 0.3 is 0 Å². The highest BCUT2D eigenvalue weighted by Gasteiger charge is 2.39. The third-order valence-corrected chi connectivity index (χ3v) is 4.25. The minimum atomic E-state index is -0.249. The Hall–Kier alpha value is -1.75. The summed E-state index contributed by atoms with van der Waals surface area (Å²) in [6.07, 6.45) is 0.767. The fourth-order valence-corrected chi connectivity index (χ4v) is 3.35. The van der Waals surface area contributed by atoms with E-state index in [0.717, 1.165) is 10.2 Å². The van der Waals surface area contributed by atoms with E-state index < -0.39 is 0 Å². The number of fused-ring (bicyclic) bond motifs is 1. The van der Waals surface area contributed by atoms with Crippen molar-refractivity contribution in [1.29, 1.82) is 0 Å². The zero-order valence-corrected chi connectivity index (χ0v) is 11.7. The molecule has 98 valence electrons. The van der Waals surface area contributed by atoms with Gasteiger partial charge in [-0.05, 0) is 17.5 Å². The van der Waals surface area contributed by atoms with Crippen LogP contribution in [-0.2, 0) is 9.59 Å². The van der Waals surface area contributed by atoms with E-state index in [2.05, 4.69) is 4.98 Å². The predicted molar refractivity (Wildman–Crippen MR) is 75.1 cm³/mol. The second-order valence-electron chi connectivity index (χ2n) is 5.60. The zero-order chi connectivity index (χ0) is 13.6. The summed E-state index contributed by atoms with van der Waals surface area (Å²) >= 11 is 1.38. The number of carbonyl (C=O) groups is 2. The number of hydrogen-bond donors (Lipinski definition) is 0. The highest BCUT2D eigenvalue weighted by Crippen LogP contribution is 2.36. The summed E-state index contributed by atoms with van der Waals surface area (Å²) in [5.41, 5.74) is 0.578. The van der Waals surface area contributed by atoms with Crippen LogP contribution in [0.3, 0.4) is 0 Å². The van der Waals surface area contributed by atoms with Crippen molar-refractivity contribution in [2.45, 2.75) is 26.7 Å². The molecule has 2 aromatic rings. The van der Waals surface area contributed by atoms with Crippen LogP contribution in [0.4, 0.5) is 5.13 Å². The van der Waals surface area contributed by atoms with Gasteiger partial charge < -0.3 is 0 Å². The maximum atomic E-state index is 12.2. The highest BCUT2D eigenvalue weighted by atomic mass is 32.1. The van der Waals surface area contributed by atoms with E-state index in [1.807, 2.05) is 38.1 Å². The fraction of sp³-hybridized carbons (Fsp3) is 0.357. The Morgan fingerprint density at radius 1 is 1.16 bits per heavy atom. The van der Waals surface area contributed by atoms with Crippen LogP contribution in [0.15, 0.2) is 24.3 Å². The number of benzene rings is 1. The van der Waals surface area contributed by atoms with Gasteiger partial charge in [0.1, 0.15) is 0 Å². The SMILES string of the molecule is CC1(C)CC(=O)N(c2nc3ccccc3s2)C(=O)C1. The molecule has 5 heteroatoms. The van der Waals surface area contributed by atoms with Gasteiger partial charge in [0.05, 0.1) is 10.2 Å². The predicted octanol–water partition coefficient (Wildman–Crippen LogP) is 2.98. The molecule has 0 bridgehead atoms. The zero-order valence-electron chi connectivity index (χ0n) is 10.8. The van der Waals surface area contributed by atoms with Crippen molar-refractivity contribution in [3.05, 3.63) is 24.3 Å². The molecule has 1 saturated heterocycles. The molecule has 1 fully saturated rings. The molecule has 1 aliphatic rings. The summed E-state index contributed by atoms with van der Waals surface area (Å²) in [6.45, 7) is 3.89. The molecule has 0 spiro atoms. The number of thiazole rings is 1. The first kappa shape index (κ1) is 12.3. The smallest absolute Gasteiger partial charge is 0.236 e. The van der Waals surface area contributed by atoms with Crippen LogP contribution >= 0.6 is 11.3 Å². The molecule has 0 radical (unpaired) electrons. The number of aromatic nitrogens is 1. The number of anilines is 1. The number of piperidine rings is 1. The lowest BCUT2D eigenvalue weighted by Crippen LogP contribution is -2.46. The van der Waals surface area contributed by atoms with Crippen molar-refractivity contribution in [2.24, 2.45) is 5.41 Å². The molecule has 2 amide bonds. The Kier molecular flexibility index (Phi) is 2.67. The largest absolute Gasteiger partial charge is 0.274 e. The quantitative estimate of drug-likeness (QED) is 0.751. The van der Waals surface area contributed by atoms with E-state index in [-0.39, 0.29) is 17.2 Å². The minimum Gasteiger partial charge on any atom is -0.274 e. The van der Waals surface area contributed by atoms with E-state index >= 15 is 0 Å². The molecule has 2 heterocycles. The monoisotopic (exact) mass is 274 g/mol. The lowest BCUT2D eigenvalue weighted by atomic mass is 9.82. The van der Waals surface area contributed by atoms with Gasteiger partial charge in [0.15, 0.2) is 5.13 Å². The Morgan fingerprint density at radius 2 is 1.79 bits per heavy atom. The highest BCUT2D eigenvalue weighted by molar-refractivity contribution is 7.22. The van der Waals surface area contributed by atoms with Gasteiger partial charge in [-0.15, -0.1) is 0 Å². The van der Waals surface area contributed by atoms with Crippen molar-refractivity contribution < 1.29 is 9.59 Å². The van der Waals surface area contributed by atoms with Crippen molar-refractivity contribution in [1.82, 2.24) is 4.98 Å². The van der Waals surface area contributed by atoms with Gasteiger partial charge in [0, 0.05) is 12.8 Å². The van der Waals surface area contributed by atoms with Crippen LogP contribution in [0.25, 0.3) is 10.2 Å². The number of rotatable bonds is 1. The maximum absolute atomic E-state index is 12.2. The molecule has 1 aromatic carbocycles. The number of amides is 2. The van der Waals surface area contributed by atoms with Gasteiger partial charge in [-0.3, -0.25) is 9.59 Å². The standard InChI is InChI=1S/C14H14N2O2S/c1-14(2)7-11(17)16(12(18)8-14)13-15-9-5-3-4-6-10(9)19-13/h3-6H,7-8H2,1-2H3. The summed E-state index contributed by atoms with van der Waals surface area (Å²) in [5.74, 6) is -0.305. The van der Waals surface area contributed by atoms with Crippen molar-refractivity contribution in [2.75, 3.05) is 4.90 Å². The molecule has 0 unspecified atom stereocenters. The summed E-state index contributed by atoms with van der Waals surface area (Å²) in [7, 11) is 0.